The number of carbonyl (C=O) groups is 1. The molecule has 0 saturated heterocycles. The first-order chi connectivity index (χ1) is 9.80. The van der Waals surface area contributed by atoms with Crippen molar-refractivity contribution in [1.29, 1.82) is 0 Å². The SMILES string of the molecule is COc1ccc2c(c1)C(N)C(SCC(=O)OC(C)(C)C)C2. The summed E-state index contributed by atoms with van der Waals surface area (Å²) < 4.78 is 10.6. The summed E-state index contributed by atoms with van der Waals surface area (Å²) in [6.45, 7) is 5.62. The lowest BCUT2D eigenvalue weighted by Crippen LogP contribution is -2.26. The quantitative estimate of drug-likeness (QED) is 0.867. The fourth-order valence-electron chi connectivity index (χ4n) is 2.45. The highest BCUT2D eigenvalue weighted by Gasteiger charge is 2.31. The van der Waals surface area contributed by atoms with Gasteiger partial charge < -0.3 is 15.2 Å². The molecule has 4 nitrogen and oxygen atoms in total. The molecule has 0 aliphatic heterocycles. The van der Waals surface area contributed by atoms with Crippen LogP contribution in [0.1, 0.15) is 37.9 Å². The van der Waals surface area contributed by atoms with Crippen molar-refractivity contribution < 1.29 is 14.3 Å². The fourth-order valence-corrected chi connectivity index (χ4v) is 3.51. The van der Waals surface area contributed by atoms with E-state index in [0.717, 1.165) is 17.7 Å². The summed E-state index contributed by atoms with van der Waals surface area (Å²) in [6, 6.07) is 5.94. The van der Waals surface area contributed by atoms with E-state index in [2.05, 4.69) is 6.07 Å². The Kier molecular flexibility index (Phi) is 4.84. The van der Waals surface area contributed by atoms with Crippen LogP contribution < -0.4 is 10.5 Å². The van der Waals surface area contributed by atoms with Crippen LogP contribution in [0.5, 0.6) is 5.75 Å². The number of hydrogen-bond acceptors (Lipinski definition) is 5. The number of fused-ring (bicyclic) bond motifs is 1. The lowest BCUT2D eigenvalue weighted by molar-refractivity contribution is -0.151. The minimum absolute atomic E-state index is 0.0671. The topological polar surface area (TPSA) is 61.5 Å². The number of rotatable bonds is 4. The Morgan fingerprint density at radius 1 is 1.43 bits per heavy atom. The van der Waals surface area contributed by atoms with Crippen LogP contribution in [0.25, 0.3) is 0 Å². The average Bonchev–Trinajstić information content (AvgIpc) is 2.71. The summed E-state index contributed by atoms with van der Waals surface area (Å²) >= 11 is 1.57. The second-order valence-corrected chi connectivity index (χ2v) is 7.46. The van der Waals surface area contributed by atoms with Gasteiger partial charge in [-0.15, -0.1) is 11.8 Å². The van der Waals surface area contributed by atoms with Gasteiger partial charge in [0.2, 0.25) is 0 Å². The molecule has 0 heterocycles. The molecule has 2 rings (SSSR count). The highest BCUT2D eigenvalue weighted by molar-refractivity contribution is 8.00. The molecule has 1 aromatic carbocycles. The van der Waals surface area contributed by atoms with Gasteiger partial charge >= 0.3 is 5.97 Å². The normalized spacial score (nSPS) is 21.0. The second kappa shape index (κ2) is 6.28. The largest absolute Gasteiger partial charge is 0.497 e. The van der Waals surface area contributed by atoms with Crippen molar-refractivity contribution in [1.82, 2.24) is 0 Å². The van der Waals surface area contributed by atoms with E-state index in [4.69, 9.17) is 15.2 Å². The van der Waals surface area contributed by atoms with Gasteiger partial charge in [-0.3, -0.25) is 4.79 Å². The molecule has 21 heavy (non-hydrogen) atoms. The number of methoxy groups -OCH3 is 1. The summed E-state index contributed by atoms with van der Waals surface area (Å²) in [5.74, 6) is 0.969. The molecule has 116 valence electrons. The molecule has 2 unspecified atom stereocenters. The van der Waals surface area contributed by atoms with Gasteiger partial charge in [0.25, 0.3) is 0 Å². The predicted octanol–water partition coefficient (Wildman–Crippen LogP) is 2.69. The Hall–Kier alpha value is -1.20. The molecular formula is C16H23NO3S. The first-order valence-electron chi connectivity index (χ1n) is 7.06. The van der Waals surface area contributed by atoms with Gasteiger partial charge in [0.1, 0.15) is 11.4 Å². The second-order valence-electron chi connectivity index (χ2n) is 6.23. The predicted molar refractivity (Wildman–Crippen MR) is 85.7 cm³/mol. The van der Waals surface area contributed by atoms with Crippen LogP contribution in [0.4, 0.5) is 0 Å². The van der Waals surface area contributed by atoms with Crippen molar-refractivity contribution in [2.24, 2.45) is 5.73 Å². The van der Waals surface area contributed by atoms with Crippen molar-refractivity contribution in [3.05, 3.63) is 29.3 Å². The van der Waals surface area contributed by atoms with Crippen LogP contribution in [-0.4, -0.2) is 29.7 Å². The van der Waals surface area contributed by atoms with Gasteiger partial charge in [-0.25, -0.2) is 0 Å². The Labute approximate surface area is 130 Å². The zero-order chi connectivity index (χ0) is 15.6. The standard InChI is InChI=1S/C16H23NO3S/c1-16(2,3)20-14(18)9-21-13-7-10-5-6-11(19-4)8-12(10)15(13)17/h5-6,8,13,15H,7,9,17H2,1-4H3. The fraction of sp³-hybridized carbons (Fsp3) is 0.562. The number of nitrogens with two attached hydrogens (primary N) is 1. The third kappa shape index (κ3) is 4.14. The summed E-state index contributed by atoms with van der Waals surface area (Å²) in [4.78, 5) is 11.8. The van der Waals surface area contributed by atoms with E-state index in [1.165, 1.54) is 5.56 Å². The molecule has 1 aliphatic carbocycles. The molecular weight excluding hydrogens is 286 g/mol. The minimum atomic E-state index is -0.439. The van der Waals surface area contributed by atoms with E-state index in [0.29, 0.717) is 5.75 Å². The Morgan fingerprint density at radius 3 is 2.76 bits per heavy atom. The van der Waals surface area contributed by atoms with Crippen LogP contribution in [0.3, 0.4) is 0 Å². The molecule has 0 aromatic heterocycles. The van der Waals surface area contributed by atoms with Crippen molar-refractivity contribution in [3.8, 4) is 5.75 Å². The van der Waals surface area contributed by atoms with Gasteiger partial charge in [-0.2, -0.15) is 0 Å². The highest BCUT2D eigenvalue weighted by Crippen LogP contribution is 2.38. The molecule has 1 aromatic rings. The van der Waals surface area contributed by atoms with Crippen LogP contribution in [-0.2, 0) is 16.0 Å². The zero-order valence-corrected chi connectivity index (χ0v) is 13.8. The van der Waals surface area contributed by atoms with Crippen molar-refractivity contribution in [2.75, 3.05) is 12.9 Å². The molecule has 0 radical (unpaired) electrons. The van der Waals surface area contributed by atoms with Crippen molar-refractivity contribution in [3.63, 3.8) is 0 Å². The molecule has 5 heteroatoms. The maximum Gasteiger partial charge on any atom is 0.316 e. The van der Waals surface area contributed by atoms with Crippen LogP contribution >= 0.6 is 11.8 Å². The third-order valence-corrected chi connectivity index (χ3v) is 4.66. The number of thioether (sulfide) groups is 1. The van der Waals surface area contributed by atoms with Gasteiger partial charge in [-0.1, -0.05) is 6.07 Å². The molecule has 0 fully saturated rings. The summed E-state index contributed by atoms with van der Waals surface area (Å²) in [5, 5.41) is 0.208. The first kappa shape index (κ1) is 16.2. The lowest BCUT2D eigenvalue weighted by Gasteiger charge is -2.21. The molecule has 0 amide bonds. The van der Waals surface area contributed by atoms with Gasteiger partial charge in [0.15, 0.2) is 0 Å². The Bertz CT molecular complexity index is 525. The monoisotopic (exact) mass is 309 g/mol. The van der Waals surface area contributed by atoms with Gasteiger partial charge in [0.05, 0.1) is 12.9 Å². The number of carbonyl (C=O) groups excluding carboxylic acids is 1. The van der Waals surface area contributed by atoms with Crippen LogP contribution in [0.2, 0.25) is 0 Å². The van der Waals surface area contributed by atoms with Crippen LogP contribution in [0, 0.1) is 0 Å². The van der Waals surface area contributed by atoms with Crippen LogP contribution in [0.15, 0.2) is 18.2 Å². The van der Waals surface area contributed by atoms with E-state index in [-0.39, 0.29) is 17.3 Å². The third-order valence-electron chi connectivity index (χ3n) is 3.37. The maximum absolute atomic E-state index is 11.8. The average molecular weight is 309 g/mol. The summed E-state index contributed by atoms with van der Waals surface area (Å²) in [6.07, 6.45) is 0.883. The molecule has 0 bridgehead atoms. The van der Waals surface area contributed by atoms with Crippen molar-refractivity contribution >= 4 is 17.7 Å². The van der Waals surface area contributed by atoms with E-state index in [1.54, 1.807) is 18.9 Å². The number of ether oxygens (including phenoxy) is 2. The van der Waals surface area contributed by atoms with E-state index in [1.807, 2.05) is 32.9 Å². The lowest BCUT2D eigenvalue weighted by atomic mass is 10.1. The molecule has 1 aliphatic rings. The smallest absolute Gasteiger partial charge is 0.316 e. The molecule has 2 N–H and O–H groups in total. The first-order valence-corrected chi connectivity index (χ1v) is 8.11. The Balaban J connectivity index is 1.94. The minimum Gasteiger partial charge on any atom is -0.497 e. The molecule has 0 spiro atoms. The Morgan fingerprint density at radius 2 is 2.14 bits per heavy atom. The van der Waals surface area contributed by atoms with Gasteiger partial charge in [-0.05, 0) is 50.5 Å². The number of hydrogen-bond donors (Lipinski definition) is 1. The van der Waals surface area contributed by atoms with Crippen molar-refractivity contribution in [2.45, 2.75) is 44.1 Å². The number of esters is 1. The zero-order valence-electron chi connectivity index (χ0n) is 13.0. The molecule has 0 saturated carbocycles. The summed E-state index contributed by atoms with van der Waals surface area (Å²) in [7, 11) is 1.65. The van der Waals surface area contributed by atoms with E-state index < -0.39 is 5.60 Å². The maximum atomic E-state index is 11.8. The highest BCUT2D eigenvalue weighted by atomic mass is 32.2. The molecule has 2 atom stereocenters. The number of benzene rings is 1. The van der Waals surface area contributed by atoms with E-state index >= 15 is 0 Å². The summed E-state index contributed by atoms with van der Waals surface area (Å²) in [5.41, 5.74) is 8.22. The van der Waals surface area contributed by atoms with E-state index in [9.17, 15) is 4.79 Å². The van der Waals surface area contributed by atoms with Gasteiger partial charge in [0, 0.05) is 11.3 Å².